The first-order valence-electron chi connectivity index (χ1n) is 7.16. The number of carbonyl (C=O) groups excluding carboxylic acids is 1. The molecule has 0 unspecified atom stereocenters. The number of carbonyl (C=O) groups is 1. The maximum atomic E-state index is 11.8. The van der Waals surface area contributed by atoms with Crippen LogP contribution in [0.25, 0.3) is 11.1 Å². The van der Waals surface area contributed by atoms with E-state index in [1.807, 2.05) is 24.3 Å². The number of para-hydroxylation sites is 1. The molecule has 1 aromatic heterocycles. The molecular formula is C17H16N2O4. The number of ether oxygens (including phenoxy) is 1. The van der Waals surface area contributed by atoms with E-state index in [1.54, 1.807) is 31.3 Å². The highest BCUT2D eigenvalue weighted by Crippen LogP contribution is 2.14. The maximum absolute atomic E-state index is 11.8. The quantitative estimate of drug-likeness (QED) is 0.780. The summed E-state index contributed by atoms with van der Waals surface area (Å²) in [6, 6.07) is 14.5. The summed E-state index contributed by atoms with van der Waals surface area (Å²) in [5.41, 5.74) is 2.07. The SMILES string of the molecule is Cn1c(=O)oc2cc(CNC(=O)COc3ccccc3)ccc21. The summed E-state index contributed by atoms with van der Waals surface area (Å²) >= 11 is 0. The van der Waals surface area contributed by atoms with E-state index >= 15 is 0 Å². The number of nitrogens with zero attached hydrogens (tertiary/aromatic N) is 1. The van der Waals surface area contributed by atoms with Gasteiger partial charge in [0.15, 0.2) is 12.2 Å². The van der Waals surface area contributed by atoms with E-state index < -0.39 is 5.76 Å². The van der Waals surface area contributed by atoms with E-state index in [4.69, 9.17) is 9.15 Å². The first-order valence-corrected chi connectivity index (χ1v) is 7.16. The van der Waals surface area contributed by atoms with Gasteiger partial charge in [-0.15, -0.1) is 0 Å². The topological polar surface area (TPSA) is 73.5 Å². The van der Waals surface area contributed by atoms with Crippen molar-refractivity contribution < 1.29 is 13.9 Å². The Morgan fingerprint density at radius 3 is 2.78 bits per heavy atom. The van der Waals surface area contributed by atoms with E-state index in [2.05, 4.69) is 5.32 Å². The maximum Gasteiger partial charge on any atom is 0.419 e. The molecule has 23 heavy (non-hydrogen) atoms. The van der Waals surface area contributed by atoms with Gasteiger partial charge in [0.1, 0.15) is 5.75 Å². The van der Waals surface area contributed by atoms with Crippen LogP contribution in [0.2, 0.25) is 0 Å². The van der Waals surface area contributed by atoms with Crippen molar-refractivity contribution in [1.82, 2.24) is 9.88 Å². The third-order valence-corrected chi connectivity index (χ3v) is 3.46. The predicted octanol–water partition coefficient (Wildman–Crippen LogP) is 1.83. The van der Waals surface area contributed by atoms with Gasteiger partial charge < -0.3 is 14.5 Å². The zero-order valence-corrected chi connectivity index (χ0v) is 12.6. The fraction of sp³-hybridized carbons (Fsp3) is 0.176. The molecule has 118 valence electrons. The minimum atomic E-state index is -0.405. The van der Waals surface area contributed by atoms with Crippen molar-refractivity contribution in [2.75, 3.05) is 6.61 Å². The molecule has 0 saturated heterocycles. The highest BCUT2D eigenvalue weighted by molar-refractivity contribution is 5.78. The Hall–Kier alpha value is -3.02. The normalized spacial score (nSPS) is 10.7. The number of hydrogen-bond donors (Lipinski definition) is 1. The monoisotopic (exact) mass is 312 g/mol. The van der Waals surface area contributed by atoms with Gasteiger partial charge in [0.05, 0.1) is 5.52 Å². The van der Waals surface area contributed by atoms with Crippen LogP contribution in [0.4, 0.5) is 0 Å². The molecule has 3 aromatic rings. The molecule has 3 rings (SSSR count). The van der Waals surface area contributed by atoms with Gasteiger partial charge in [0.25, 0.3) is 5.91 Å². The summed E-state index contributed by atoms with van der Waals surface area (Å²) in [5, 5.41) is 2.76. The summed E-state index contributed by atoms with van der Waals surface area (Å²) in [7, 11) is 1.65. The van der Waals surface area contributed by atoms with Crippen molar-refractivity contribution in [2.24, 2.45) is 7.05 Å². The highest BCUT2D eigenvalue weighted by Gasteiger charge is 2.07. The van der Waals surface area contributed by atoms with Crippen molar-refractivity contribution in [2.45, 2.75) is 6.54 Å². The second-order valence-electron chi connectivity index (χ2n) is 5.11. The number of hydrogen-bond acceptors (Lipinski definition) is 4. The van der Waals surface area contributed by atoms with Crippen LogP contribution in [0.5, 0.6) is 5.75 Å². The van der Waals surface area contributed by atoms with Gasteiger partial charge in [0.2, 0.25) is 0 Å². The average Bonchev–Trinajstić information content (AvgIpc) is 2.86. The number of oxazole rings is 1. The summed E-state index contributed by atoms with van der Waals surface area (Å²) < 4.78 is 11.9. The molecular weight excluding hydrogens is 296 g/mol. The van der Waals surface area contributed by atoms with Crippen LogP contribution in [0.3, 0.4) is 0 Å². The molecule has 0 aliphatic heterocycles. The number of amides is 1. The van der Waals surface area contributed by atoms with Crippen molar-refractivity contribution in [3.63, 3.8) is 0 Å². The van der Waals surface area contributed by atoms with E-state index in [9.17, 15) is 9.59 Å². The van der Waals surface area contributed by atoms with Crippen molar-refractivity contribution >= 4 is 17.0 Å². The van der Waals surface area contributed by atoms with Gasteiger partial charge in [0, 0.05) is 13.6 Å². The Balaban J connectivity index is 1.57. The summed E-state index contributed by atoms with van der Waals surface area (Å²) in [4.78, 5) is 23.2. The Kier molecular flexibility index (Phi) is 4.14. The number of aryl methyl sites for hydroxylation is 1. The zero-order chi connectivity index (χ0) is 16.2. The van der Waals surface area contributed by atoms with Gasteiger partial charge in [-0.1, -0.05) is 24.3 Å². The Bertz CT molecular complexity index is 880. The van der Waals surface area contributed by atoms with E-state index in [1.165, 1.54) is 4.57 Å². The van der Waals surface area contributed by atoms with Crippen molar-refractivity contribution in [3.05, 3.63) is 64.6 Å². The van der Waals surface area contributed by atoms with Gasteiger partial charge in [-0.05, 0) is 29.8 Å². The fourth-order valence-corrected chi connectivity index (χ4v) is 2.21. The molecule has 0 saturated carbocycles. The largest absolute Gasteiger partial charge is 0.484 e. The van der Waals surface area contributed by atoms with Crippen LogP contribution in [0.15, 0.2) is 57.7 Å². The minimum absolute atomic E-state index is 0.0489. The first kappa shape index (κ1) is 14.9. The molecule has 0 atom stereocenters. The lowest BCUT2D eigenvalue weighted by molar-refractivity contribution is -0.123. The number of rotatable bonds is 5. The Morgan fingerprint density at radius 1 is 1.22 bits per heavy atom. The number of aromatic nitrogens is 1. The zero-order valence-electron chi connectivity index (χ0n) is 12.6. The third kappa shape index (κ3) is 3.42. The lowest BCUT2D eigenvalue weighted by Crippen LogP contribution is -2.28. The molecule has 0 bridgehead atoms. The lowest BCUT2D eigenvalue weighted by atomic mass is 10.2. The second-order valence-corrected chi connectivity index (χ2v) is 5.11. The number of fused-ring (bicyclic) bond motifs is 1. The van der Waals surface area contributed by atoms with Crippen LogP contribution in [-0.4, -0.2) is 17.1 Å². The number of benzene rings is 2. The van der Waals surface area contributed by atoms with E-state index in [-0.39, 0.29) is 12.5 Å². The van der Waals surface area contributed by atoms with Crippen LogP contribution in [0.1, 0.15) is 5.56 Å². The lowest BCUT2D eigenvalue weighted by Gasteiger charge is -2.07. The molecule has 0 fully saturated rings. The molecule has 2 aromatic carbocycles. The smallest absolute Gasteiger partial charge is 0.419 e. The van der Waals surface area contributed by atoms with E-state index in [0.717, 1.165) is 11.1 Å². The molecule has 1 amide bonds. The van der Waals surface area contributed by atoms with Crippen LogP contribution < -0.4 is 15.8 Å². The number of nitrogens with one attached hydrogen (secondary N) is 1. The third-order valence-electron chi connectivity index (χ3n) is 3.46. The van der Waals surface area contributed by atoms with E-state index in [0.29, 0.717) is 17.9 Å². The van der Waals surface area contributed by atoms with Crippen molar-refractivity contribution in [3.8, 4) is 5.75 Å². The summed E-state index contributed by atoms with van der Waals surface area (Å²) in [6.07, 6.45) is 0. The highest BCUT2D eigenvalue weighted by atomic mass is 16.5. The van der Waals surface area contributed by atoms with Gasteiger partial charge in [-0.25, -0.2) is 4.79 Å². The molecule has 0 spiro atoms. The Labute approximate surface area is 132 Å². The second kappa shape index (κ2) is 6.39. The summed E-state index contributed by atoms with van der Waals surface area (Å²) in [5.74, 6) is 0.0241. The fourth-order valence-electron chi connectivity index (χ4n) is 2.21. The minimum Gasteiger partial charge on any atom is -0.484 e. The van der Waals surface area contributed by atoms with Crippen molar-refractivity contribution in [1.29, 1.82) is 0 Å². The average molecular weight is 312 g/mol. The van der Waals surface area contributed by atoms with Crippen LogP contribution in [-0.2, 0) is 18.4 Å². The standard InChI is InChI=1S/C17H16N2O4/c1-19-14-8-7-12(9-15(14)23-17(19)21)10-18-16(20)11-22-13-5-3-2-4-6-13/h2-9H,10-11H2,1H3,(H,18,20). The first-order chi connectivity index (χ1) is 11.1. The molecule has 0 aliphatic carbocycles. The Morgan fingerprint density at radius 2 is 2.00 bits per heavy atom. The van der Waals surface area contributed by atoms with Crippen LogP contribution >= 0.6 is 0 Å². The molecule has 6 nitrogen and oxygen atoms in total. The van der Waals surface area contributed by atoms with Crippen LogP contribution in [0, 0.1) is 0 Å². The molecule has 1 N–H and O–H groups in total. The molecule has 0 radical (unpaired) electrons. The predicted molar refractivity (Wildman–Crippen MR) is 85.2 cm³/mol. The van der Waals surface area contributed by atoms with Gasteiger partial charge >= 0.3 is 5.76 Å². The van der Waals surface area contributed by atoms with Gasteiger partial charge in [-0.2, -0.15) is 0 Å². The molecule has 0 aliphatic rings. The molecule has 6 heteroatoms. The summed E-state index contributed by atoms with van der Waals surface area (Å²) in [6.45, 7) is 0.290. The molecule has 1 heterocycles. The van der Waals surface area contributed by atoms with Gasteiger partial charge in [-0.3, -0.25) is 9.36 Å².